The number of esters is 1. The first kappa shape index (κ1) is 7.34. The Morgan fingerprint density at radius 2 is 2.38 bits per heavy atom. The van der Waals surface area contributed by atoms with Gasteiger partial charge >= 0.3 is 5.97 Å². The molecule has 0 spiro atoms. The fourth-order valence-corrected chi connectivity index (χ4v) is 0.377. The van der Waals surface area contributed by atoms with Gasteiger partial charge in [0.15, 0.2) is 0 Å². The third-order valence-corrected chi connectivity index (χ3v) is 0.686. The molecule has 0 radical (unpaired) electrons. The second kappa shape index (κ2) is 4.50. The van der Waals surface area contributed by atoms with Crippen LogP contribution in [0.25, 0.3) is 0 Å². The number of ether oxygens (including phenoxy) is 1. The van der Waals surface area contributed by atoms with Crippen LogP contribution in [-0.4, -0.2) is 12.6 Å². The van der Waals surface area contributed by atoms with Crippen LogP contribution in [0.2, 0.25) is 0 Å². The van der Waals surface area contributed by atoms with Gasteiger partial charge in [-0.2, -0.15) is 0 Å². The average molecular weight is 115 g/mol. The minimum absolute atomic E-state index is 0.150. The highest BCUT2D eigenvalue weighted by Gasteiger charge is 1.98. The summed E-state index contributed by atoms with van der Waals surface area (Å²) in [5.41, 5.74) is 0. The van der Waals surface area contributed by atoms with Gasteiger partial charge in [-0.25, -0.2) is 0 Å². The quantitative estimate of drug-likeness (QED) is 0.407. The molecule has 46 valence electrons. The summed E-state index contributed by atoms with van der Waals surface area (Å²) in [6, 6.07) is 0. The molecule has 0 saturated carbocycles. The SMILES string of the molecule is [CH2+]CCC(=O)OCC. The van der Waals surface area contributed by atoms with Gasteiger partial charge in [-0.05, 0) is 6.92 Å². The third-order valence-electron chi connectivity index (χ3n) is 0.686. The van der Waals surface area contributed by atoms with Crippen molar-refractivity contribution < 1.29 is 9.53 Å². The minimum Gasteiger partial charge on any atom is -0.466 e. The molecule has 0 aliphatic carbocycles. The van der Waals surface area contributed by atoms with Crippen LogP contribution in [0.3, 0.4) is 0 Å². The standard InChI is InChI=1S/C6H11O2/c1-3-5-6(7)8-4-2/h1,3-5H2,2H3/q+1. The Bertz CT molecular complexity index is 60.9. The molecule has 0 heterocycles. The Balaban J connectivity index is 3.06. The van der Waals surface area contributed by atoms with E-state index in [1.165, 1.54) is 0 Å². The molecule has 0 aromatic carbocycles. The Labute approximate surface area is 49.8 Å². The maximum atomic E-state index is 10.4. The molecule has 8 heavy (non-hydrogen) atoms. The topological polar surface area (TPSA) is 26.3 Å². The van der Waals surface area contributed by atoms with E-state index in [0.29, 0.717) is 19.4 Å². The second-order valence-electron chi connectivity index (χ2n) is 1.41. The van der Waals surface area contributed by atoms with E-state index in [0.717, 1.165) is 0 Å². The first-order valence-electron chi connectivity index (χ1n) is 2.76. The number of hydrogen-bond donors (Lipinski definition) is 0. The van der Waals surface area contributed by atoms with Gasteiger partial charge in [-0.15, -0.1) is 0 Å². The Kier molecular flexibility index (Phi) is 4.13. The number of carbonyl (C=O) groups is 1. The molecule has 0 fully saturated rings. The first-order chi connectivity index (χ1) is 3.81. The lowest BCUT2D eigenvalue weighted by Crippen LogP contribution is -2.01. The Morgan fingerprint density at radius 1 is 1.75 bits per heavy atom. The summed E-state index contributed by atoms with van der Waals surface area (Å²) in [7, 11) is 0. The summed E-state index contributed by atoms with van der Waals surface area (Å²) >= 11 is 0. The molecule has 2 heteroatoms. The molecule has 0 amide bonds. The van der Waals surface area contributed by atoms with Crippen LogP contribution in [0.15, 0.2) is 0 Å². The largest absolute Gasteiger partial charge is 0.466 e. The van der Waals surface area contributed by atoms with Crippen molar-refractivity contribution in [3.8, 4) is 0 Å². The Morgan fingerprint density at radius 3 is 2.75 bits per heavy atom. The molecule has 2 nitrogen and oxygen atoms in total. The van der Waals surface area contributed by atoms with Gasteiger partial charge in [0.1, 0.15) is 0 Å². The summed E-state index contributed by atoms with van der Waals surface area (Å²) in [5, 5.41) is 0. The number of carbonyl (C=O) groups excluding carboxylic acids is 1. The van der Waals surface area contributed by atoms with Crippen LogP contribution in [0.4, 0.5) is 0 Å². The predicted molar refractivity (Wildman–Crippen MR) is 31.2 cm³/mol. The second-order valence-corrected chi connectivity index (χ2v) is 1.41. The van der Waals surface area contributed by atoms with Gasteiger partial charge < -0.3 is 4.74 Å². The molecule has 0 aliphatic rings. The van der Waals surface area contributed by atoms with E-state index in [4.69, 9.17) is 0 Å². The summed E-state index contributed by atoms with van der Waals surface area (Å²) in [5.74, 6) is -0.150. The van der Waals surface area contributed by atoms with Crippen molar-refractivity contribution in [3.63, 3.8) is 0 Å². The molecule has 0 atom stereocenters. The summed E-state index contributed by atoms with van der Waals surface area (Å²) in [4.78, 5) is 10.4. The summed E-state index contributed by atoms with van der Waals surface area (Å²) in [6.07, 6.45) is 1.06. The van der Waals surface area contributed by atoms with Gasteiger partial charge in [-0.1, -0.05) is 0 Å². The number of rotatable bonds is 3. The molecule has 0 aliphatic heterocycles. The molecule has 0 aromatic rings. The van der Waals surface area contributed by atoms with Crippen molar-refractivity contribution in [2.24, 2.45) is 0 Å². The van der Waals surface area contributed by atoms with Crippen LogP contribution < -0.4 is 0 Å². The van der Waals surface area contributed by atoms with Gasteiger partial charge in [-0.3, -0.25) is 4.79 Å². The van der Waals surface area contributed by atoms with Crippen LogP contribution in [0.5, 0.6) is 0 Å². The molecule has 0 unspecified atom stereocenters. The first-order valence-corrected chi connectivity index (χ1v) is 2.76. The third kappa shape index (κ3) is 3.53. The highest BCUT2D eigenvalue weighted by atomic mass is 16.5. The van der Waals surface area contributed by atoms with Gasteiger partial charge in [0.25, 0.3) is 0 Å². The fraction of sp³-hybridized carbons (Fsp3) is 0.667. The molecular weight excluding hydrogens is 104 g/mol. The summed E-state index contributed by atoms with van der Waals surface area (Å²) in [6.45, 7) is 5.77. The van der Waals surface area contributed by atoms with E-state index in [9.17, 15) is 4.79 Å². The van der Waals surface area contributed by atoms with Crippen LogP contribution >= 0.6 is 0 Å². The zero-order chi connectivity index (χ0) is 6.41. The lowest BCUT2D eigenvalue weighted by atomic mass is 10.3. The van der Waals surface area contributed by atoms with Crippen molar-refractivity contribution in [3.05, 3.63) is 6.92 Å². The molecular formula is C6H11O2+. The van der Waals surface area contributed by atoms with Crippen molar-refractivity contribution in [2.45, 2.75) is 19.8 Å². The predicted octanol–water partition coefficient (Wildman–Crippen LogP) is 1.16. The minimum atomic E-state index is -0.150. The molecule has 0 saturated heterocycles. The van der Waals surface area contributed by atoms with Crippen LogP contribution in [0.1, 0.15) is 19.8 Å². The zero-order valence-corrected chi connectivity index (χ0v) is 5.14. The van der Waals surface area contributed by atoms with Crippen LogP contribution in [0, 0.1) is 6.92 Å². The molecule has 0 bridgehead atoms. The fourth-order valence-electron chi connectivity index (χ4n) is 0.377. The van der Waals surface area contributed by atoms with Gasteiger partial charge in [0.05, 0.1) is 26.4 Å². The Hall–Kier alpha value is -0.660. The maximum absolute atomic E-state index is 10.4. The maximum Gasteiger partial charge on any atom is 0.310 e. The van der Waals surface area contributed by atoms with Gasteiger partial charge in [0.2, 0.25) is 0 Å². The van der Waals surface area contributed by atoms with E-state index in [1.54, 1.807) is 6.92 Å². The monoisotopic (exact) mass is 115 g/mol. The molecule has 0 aromatic heterocycles. The number of hydrogen-bond acceptors (Lipinski definition) is 2. The van der Waals surface area contributed by atoms with E-state index in [2.05, 4.69) is 11.7 Å². The van der Waals surface area contributed by atoms with E-state index >= 15 is 0 Å². The van der Waals surface area contributed by atoms with E-state index in [-0.39, 0.29) is 5.97 Å². The van der Waals surface area contributed by atoms with Gasteiger partial charge in [0, 0.05) is 0 Å². The highest BCUT2D eigenvalue weighted by Crippen LogP contribution is 1.88. The van der Waals surface area contributed by atoms with Crippen LogP contribution in [-0.2, 0) is 9.53 Å². The molecule has 0 N–H and O–H groups in total. The molecule has 0 rings (SSSR count). The smallest absolute Gasteiger partial charge is 0.310 e. The highest BCUT2D eigenvalue weighted by molar-refractivity contribution is 5.69. The van der Waals surface area contributed by atoms with E-state index < -0.39 is 0 Å². The normalized spacial score (nSPS) is 8.62. The van der Waals surface area contributed by atoms with E-state index in [1.807, 2.05) is 0 Å². The lowest BCUT2D eigenvalue weighted by Gasteiger charge is -1.94. The zero-order valence-electron chi connectivity index (χ0n) is 5.14. The van der Waals surface area contributed by atoms with Crippen molar-refractivity contribution in [1.82, 2.24) is 0 Å². The van der Waals surface area contributed by atoms with Crippen molar-refractivity contribution in [1.29, 1.82) is 0 Å². The lowest BCUT2D eigenvalue weighted by molar-refractivity contribution is -0.143. The summed E-state index contributed by atoms with van der Waals surface area (Å²) < 4.78 is 4.60. The van der Waals surface area contributed by atoms with Crippen molar-refractivity contribution >= 4 is 5.97 Å². The average Bonchev–Trinajstić information content (AvgIpc) is 1.68. The van der Waals surface area contributed by atoms with Crippen molar-refractivity contribution in [2.75, 3.05) is 6.61 Å².